The fourth-order valence-electron chi connectivity index (χ4n) is 3.79. The Morgan fingerprint density at radius 1 is 1.29 bits per heavy atom. The van der Waals surface area contributed by atoms with E-state index in [9.17, 15) is 9.59 Å². The lowest BCUT2D eigenvalue weighted by Gasteiger charge is -2.35. The lowest BCUT2D eigenvalue weighted by Crippen LogP contribution is -2.41. The van der Waals surface area contributed by atoms with Crippen LogP contribution in [0.15, 0.2) is 35.1 Å². The number of aliphatic carboxylic acids is 1. The van der Waals surface area contributed by atoms with E-state index in [1.807, 2.05) is 0 Å². The summed E-state index contributed by atoms with van der Waals surface area (Å²) in [7, 11) is 0. The maximum Gasteiger partial charge on any atom is 0.303 e. The highest BCUT2D eigenvalue weighted by molar-refractivity contribution is 6.30. The van der Waals surface area contributed by atoms with Gasteiger partial charge in [-0.15, -0.1) is 0 Å². The number of nitrogens with one attached hydrogen (secondary N) is 1. The average Bonchev–Trinajstić information content (AvgIpc) is 3.35. The molecule has 0 saturated heterocycles. The Bertz CT molecular complexity index is 1110. The molecule has 1 aromatic carbocycles. The monoisotopic (exact) mass is 443 g/mol. The molecule has 0 bridgehead atoms. The third kappa shape index (κ3) is 4.61. The minimum Gasteiger partial charge on any atom is -0.481 e. The molecule has 1 atom stereocenters. The summed E-state index contributed by atoms with van der Waals surface area (Å²) in [6.45, 7) is 3.84. The van der Waals surface area contributed by atoms with Crippen LogP contribution in [-0.4, -0.2) is 42.0 Å². The number of aromatic nitrogens is 4. The lowest BCUT2D eigenvalue weighted by molar-refractivity contribution is -0.142. The summed E-state index contributed by atoms with van der Waals surface area (Å²) < 4.78 is 5.54. The maximum absolute atomic E-state index is 13.2. The summed E-state index contributed by atoms with van der Waals surface area (Å²) in [5, 5.41) is 13.8. The molecular weight excluding hydrogens is 422 g/mol. The van der Waals surface area contributed by atoms with Gasteiger partial charge in [0.1, 0.15) is 6.04 Å². The third-order valence-electron chi connectivity index (χ3n) is 5.31. The van der Waals surface area contributed by atoms with E-state index < -0.39 is 17.4 Å². The summed E-state index contributed by atoms with van der Waals surface area (Å²) in [6, 6.07) is 6.58. The van der Waals surface area contributed by atoms with Crippen molar-refractivity contribution in [1.29, 1.82) is 0 Å². The van der Waals surface area contributed by atoms with Gasteiger partial charge in [0.15, 0.2) is 0 Å². The fourth-order valence-corrected chi connectivity index (χ4v) is 3.91. The van der Waals surface area contributed by atoms with Crippen LogP contribution >= 0.6 is 11.6 Å². The van der Waals surface area contributed by atoms with Gasteiger partial charge in [-0.05, 0) is 29.7 Å². The van der Waals surface area contributed by atoms with Crippen molar-refractivity contribution in [3.05, 3.63) is 52.9 Å². The van der Waals surface area contributed by atoms with Gasteiger partial charge in [0.25, 0.3) is 0 Å². The van der Waals surface area contributed by atoms with Gasteiger partial charge in [-0.2, -0.15) is 4.98 Å². The number of fused-ring (bicyclic) bond motifs is 1. The molecule has 3 aromatic rings. The first kappa shape index (κ1) is 21.0. The van der Waals surface area contributed by atoms with Crippen molar-refractivity contribution < 1.29 is 19.2 Å². The Balaban J connectivity index is 1.62. The Hall–Kier alpha value is -3.20. The Kier molecular flexibility index (Phi) is 5.53. The van der Waals surface area contributed by atoms with Gasteiger partial charge in [0.2, 0.25) is 17.6 Å². The molecule has 0 spiro atoms. The number of hydrogen-bond acceptors (Lipinski definition) is 6. The van der Waals surface area contributed by atoms with Gasteiger partial charge in [0.05, 0.1) is 30.7 Å². The van der Waals surface area contributed by atoms with Gasteiger partial charge in [-0.3, -0.25) is 9.59 Å². The van der Waals surface area contributed by atoms with E-state index in [4.69, 9.17) is 21.2 Å². The van der Waals surface area contributed by atoms with Crippen LogP contribution in [0.1, 0.15) is 50.0 Å². The van der Waals surface area contributed by atoms with Gasteiger partial charge < -0.3 is 19.5 Å². The van der Waals surface area contributed by atoms with Crippen molar-refractivity contribution in [3.8, 4) is 11.4 Å². The summed E-state index contributed by atoms with van der Waals surface area (Å²) in [5.74, 6) is -0.405. The van der Waals surface area contributed by atoms with Gasteiger partial charge >= 0.3 is 5.97 Å². The Morgan fingerprint density at radius 3 is 2.74 bits per heavy atom. The second kappa shape index (κ2) is 8.14. The number of carbonyl (C=O) groups is 2. The largest absolute Gasteiger partial charge is 0.481 e. The number of carbonyl (C=O) groups excluding carboxylic acids is 1. The van der Waals surface area contributed by atoms with Crippen molar-refractivity contribution >= 4 is 23.5 Å². The lowest BCUT2D eigenvalue weighted by atomic mass is 9.84. The maximum atomic E-state index is 13.2. The topological polar surface area (TPSA) is 125 Å². The number of benzene rings is 1. The summed E-state index contributed by atoms with van der Waals surface area (Å²) in [6.07, 6.45) is 1.99. The molecule has 3 heterocycles. The molecule has 10 heteroatoms. The molecule has 31 heavy (non-hydrogen) atoms. The first-order valence-electron chi connectivity index (χ1n) is 9.84. The normalized spacial score (nSPS) is 16.2. The number of aromatic amines is 1. The molecule has 1 amide bonds. The molecule has 162 valence electrons. The number of imidazole rings is 1. The fraction of sp³-hybridized carbons (Fsp3) is 0.381. The van der Waals surface area contributed by atoms with Gasteiger partial charge in [0, 0.05) is 23.4 Å². The number of carboxylic acid groups (broad SMARTS) is 1. The molecule has 1 aliphatic heterocycles. The van der Waals surface area contributed by atoms with Crippen molar-refractivity contribution in [2.45, 2.75) is 45.7 Å². The van der Waals surface area contributed by atoms with Crippen LogP contribution in [0, 0.1) is 5.41 Å². The summed E-state index contributed by atoms with van der Waals surface area (Å²) in [4.78, 5) is 38.0. The number of hydrogen-bond donors (Lipinski definition) is 2. The van der Waals surface area contributed by atoms with E-state index in [1.54, 1.807) is 49.3 Å². The molecule has 2 N–H and O–H groups in total. The van der Waals surface area contributed by atoms with Crippen LogP contribution in [-0.2, 0) is 22.6 Å². The molecule has 2 aromatic heterocycles. The van der Waals surface area contributed by atoms with Crippen LogP contribution in [0.5, 0.6) is 0 Å². The third-order valence-corrected chi connectivity index (χ3v) is 5.56. The number of H-pyrrole nitrogens is 1. The molecular formula is C21H22ClN5O4. The van der Waals surface area contributed by atoms with Crippen molar-refractivity contribution in [1.82, 2.24) is 25.0 Å². The first-order valence-corrected chi connectivity index (χ1v) is 10.2. The number of amides is 1. The molecule has 0 unspecified atom stereocenters. The zero-order valence-electron chi connectivity index (χ0n) is 17.1. The van der Waals surface area contributed by atoms with Crippen molar-refractivity contribution in [3.63, 3.8) is 0 Å². The van der Waals surface area contributed by atoms with E-state index in [0.717, 1.165) is 17.0 Å². The first-order chi connectivity index (χ1) is 14.7. The molecule has 4 rings (SSSR count). The quantitative estimate of drug-likeness (QED) is 0.595. The molecule has 0 saturated carbocycles. The van der Waals surface area contributed by atoms with E-state index in [2.05, 4.69) is 20.1 Å². The second-order valence-electron chi connectivity index (χ2n) is 8.44. The van der Waals surface area contributed by atoms with Crippen LogP contribution in [0.25, 0.3) is 11.4 Å². The van der Waals surface area contributed by atoms with E-state index in [1.165, 1.54) is 0 Å². The Morgan fingerprint density at radius 2 is 2.03 bits per heavy atom. The number of rotatable bonds is 6. The highest BCUT2D eigenvalue weighted by atomic mass is 35.5. The number of carboxylic acids is 1. The molecule has 1 aliphatic rings. The summed E-state index contributed by atoms with van der Waals surface area (Å²) in [5.41, 5.74) is 1.74. The van der Waals surface area contributed by atoms with Crippen molar-refractivity contribution in [2.75, 3.05) is 0 Å². The minimum atomic E-state index is -0.937. The smallest absolute Gasteiger partial charge is 0.303 e. The zero-order valence-corrected chi connectivity index (χ0v) is 17.9. The molecule has 0 aliphatic carbocycles. The Labute approximate surface area is 183 Å². The van der Waals surface area contributed by atoms with E-state index in [0.29, 0.717) is 29.7 Å². The highest BCUT2D eigenvalue weighted by Gasteiger charge is 2.38. The average molecular weight is 444 g/mol. The van der Waals surface area contributed by atoms with Crippen LogP contribution < -0.4 is 0 Å². The van der Waals surface area contributed by atoms with Crippen molar-refractivity contribution in [2.24, 2.45) is 5.41 Å². The van der Waals surface area contributed by atoms with E-state index >= 15 is 0 Å². The van der Waals surface area contributed by atoms with Crippen LogP contribution in [0.4, 0.5) is 0 Å². The number of nitrogens with zero attached hydrogens (tertiary/aromatic N) is 4. The highest BCUT2D eigenvalue weighted by Crippen LogP contribution is 2.35. The standard InChI is InChI=1S/C21H22ClN5O4/c1-21(2,9-18(29)30)8-17(28)27-10-15-14(23-11-24-15)7-16(27)20-25-19(26-31-20)12-3-5-13(22)6-4-12/h3-6,11,16H,7-10H2,1-2H3,(H,23,24)(H,29,30)/t16-/m0/s1. The van der Waals surface area contributed by atoms with Gasteiger partial charge in [-0.1, -0.05) is 30.6 Å². The van der Waals surface area contributed by atoms with Gasteiger partial charge in [-0.25, -0.2) is 4.98 Å². The second-order valence-corrected chi connectivity index (χ2v) is 8.88. The molecule has 9 nitrogen and oxygen atoms in total. The molecule has 0 radical (unpaired) electrons. The van der Waals surface area contributed by atoms with E-state index in [-0.39, 0.29) is 18.7 Å². The van der Waals surface area contributed by atoms with Crippen LogP contribution in [0.3, 0.4) is 0 Å². The predicted octanol–water partition coefficient (Wildman–Crippen LogP) is 3.63. The minimum absolute atomic E-state index is 0.0808. The molecule has 0 fully saturated rings. The zero-order chi connectivity index (χ0) is 22.2. The summed E-state index contributed by atoms with van der Waals surface area (Å²) >= 11 is 5.95. The SMILES string of the molecule is CC(C)(CC(=O)O)CC(=O)N1Cc2[nH]cnc2C[C@H]1c1nc(-c2ccc(Cl)cc2)no1. The van der Waals surface area contributed by atoms with Crippen LogP contribution in [0.2, 0.25) is 5.02 Å². The number of halogens is 1. The predicted molar refractivity (Wildman–Crippen MR) is 111 cm³/mol.